The largest absolute Gasteiger partial charge is 0.325 e. The second-order valence-electron chi connectivity index (χ2n) is 6.78. The highest BCUT2D eigenvalue weighted by Crippen LogP contribution is 2.26. The summed E-state index contributed by atoms with van der Waals surface area (Å²) in [6.07, 6.45) is 0. The molecule has 5 nitrogen and oxygen atoms in total. The fourth-order valence-electron chi connectivity index (χ4n) is 3.23. The molecule has 0 radical (unpaired) electrons. The van der Waals surface area contributed by atoms with Crippen LogP contribution in [-0.4, -0.2) is 16.4 Å². The summed E-state index contributed by atoms with van der Waals surface area (Å²) >= 11 is 3.45. The van der Waals surface area contributed by atoms with Gasteiger partial charge in [0.15, 0.2) is 0 Å². The first-order valence-electron chi connectivity index (χ1n) is 8.90. The Hall–Kier alpha value is -2.86. The van der Waals surface area contributed by atoms with Gasteiger partial charge in [-0.05, 0) is 68.8 Å². The quantitative estimate of drug-likeness (QED) is 0.573. The Morgan fingerprint density at radius 2 is 1.57 bits per heavy atom. The van der Waals surface area contributed by atoms with Crippen LogP contribution in [0.25, 0.3) is 5.69 Å². The van der Waals surface area contributed by atoms with Crippen LogP contribution in [0.4, 0.5) is 11.4 Å². The Morgan fingerprint density at radius 1 is 0.893 bits per heavy atom. The first-order valence-corrected chi connectivity index (χ1v) is 9.70. The standard InChI is InChI=1S/C22H22BrN3O2/c1-13-5-10-20(24-16(4)27)21(11-13)25-22(28)19-12-14(2)26(15(19)3)18-8-6-17(23)7-9-18/h5-12H,1-4H3,(H,24,27)(H,25,28). The summed E-state index contributed by atoms with van der Waals surface area (Å²) in [5.74, 6) is -0.401. The van der Waals surface area contributed by atoms with Crippen molar-refractivity contribution in [1.29, 1.82) is 0 Å². The van der Waals surface area contributed by atoms with E-state index in [2.05, 4.69) is 26.6 Å². The highest BCUT2D eigenvalue weighted by molar-refractivity contribution is 9.10. The maximum Gasteiger partial charge on any atom is 0.257 e. The Labute approximate surface area is 172 Å². The minimum atomic E-state index is -0.214. The number of nitrogens with one attached hydrogen (secondary N) is 2. The van der Waals surface area contributed by atoms with Gasteiger partial charge in [-0.15, -0.1) is 0 Å². The summed E-state index contributed by atoms with van der Waals surface area (Å²) in [6.45, 7) is 7.28. The molecule has 6 heteroatoms. The molecule has 28 heavy (non-hydrogen) atoms. The van der Waals surface area contributed by atoms with E-state index in [1.54, 1.807) is 6.07 Å². The van der Waals surface area contributed by atoms with Gasteiger partial charge in [-0.25, -0.2) is 0 Å². The Bertz CT molecular complexity index is 1050. The third-order valence-electron chi connectivity index (χ3n) is 4.49. The number of carbonyl (C=O) groups excluding carboxylic acids is 2. The van der Waals surface area contributed by atoms with Gasteiger partial charge >= 0.3 is 0 Å². The Balaban J connectivity index is 1.94. The Morgan fingerprint density at radius 3 is 2.21 bits per heavy atom. The molecule has 144 valence electrons. The van der Waals surface area contributed by atoms with Crippen molar-refractivity contribution in [2.45, 2.75) is 27.7 Å². The van der Waals surface area contributed by atoms with Crippen molar-refractivity contribution >= 4 is 39.1 Å². The molecule has 0 unspecified atom stereocenters. The zero-order chi connectivity index (χ0) is 20.4. The molecule has 0 atom stereocenters. The average Bonchev–Trinajstić information content (AvgIpc) is 2.92. The van der Waals surface area contributed by atoms with Crippen LogP contribution >= 0.6 is 15.9 Å². The van der Waals surface area contributed by atoms with Crippen molar-refractivity contribution in [3.05, 3.63) is 75.5 Å². The van der Waals surface area contributed by atoms with Gasteiger partial charge in [0.05, 0.1) is 16.9 Å². The summed E-state index contributed by atoms with van der Waals surface area (Å²) in [7, 11) is 0. The van der Waals surface area contributed by atoms with Crippen LogP contribution in [0.15, 0.2) is 53.0 Å². The van der Waals surface area contributed by atoms with Crippen molar-refractivity contribution in [1.82, 2.24) is 4.57 Å². The molecule has 0 saturated carbocycles. The van der Waals surface area contributed by atoms with Gasteiger partial charge in [0, 0.05) is 28.5 Å². The average molecular weight is 440 g/mol. The number of hydrogen-bond donors (Lipinski definition) is 2. The van der Waals surface area contributed by atoms with Crippen molar-refractivity contribution in [2.24, 2.45) is 0 Å². The van der Waals surface area contributed by atoms with E-state index in [0.717, 1.165) is 27.1 Å². The lowest BCUT2D eigenvalue weighted by Gasteiger charge is -2.13. The second kappa shape index (κ2) is 8.02. The summed E-state index contributed by atoms with van der Waals surface area (Å²) in [6, 6.07) is 15.3. The molecule has 0 fully saturated rings. The minimum absolute atomic E-state index is 0.187. The third-order valence-corrected chi connectivity index (χ3v) is 5.02. The van der Waals surface area contributed by atoms with E-state index >= 15 is 0 Å². The first kappa shape index (κ1) is 19.9. The van der Waals surface area contributed by atoms with Gasteiger partial charge in [-0.1, -0.05) is 22.0 Å². The normalized spacial score (nSPS) is 10.6. The molecule has 2 aromatic carbocycles. The zero-order valence-electron chi connectivity index (χ0n) is 16.3. The number of carbonyl (C=O) groups is 2. The molecule has 0 aliphatic rings. The monoisotopic (exact) mass is 439 g/mol. The van der Waals surface area contributed by atoms with E-state index in [4.69, 9.17) is 0 Å². The summed E-state index contributed by atoms with van der Waals surface area (Å²) < 4.78 is 3.05. The summed E-state index contributed by atoms with van der Waals surface area (Å²) in [5.41, 5.74) is 5.55. The lowest BCUT2D eigenvalue weighted by atomic mass is 10.1. The lowest BCUT2D eigenvalue weighted by molar-refractivity contribution is -0.114. The predicted molar refractivity (Wildman–Crippen MR) is 116 cm³/mol. The van der Waals surface area contributed by atoms with E-state index in [0.29, 0.717) is 16.9 Å². The third kappa shape index (κ3) is 4.17. The number of anilines is 2. The summed E-state index contributed by atoms with van der Waals surface area (Å²) in [4.78, 5) is 24.4. The summed E-state index contributed by atoms with van der Waals surface area (Å²) in [5, 5.41) is 5.70. The number of rotatable bonds is 4. The SMILES string of the molecule is CC(=O)Nc1ccc(C)cc1NC(=O)c1cc(C)n(-c2ccc(Br)cc2)c1C. The molecule has 0 spiro atoms. The van der Waals surface area contributed by atoms with E-state index in [1.165, 1.54) is 6.92 Å². The topological polar surface area (TPSA) is 63.1 Å². The van der Waals surface area contributed by atoms with Crippen molar-refractivity contribution in [3.63, 3.8) is 0 Å². The van der Waals surface area contributed by atoms with Crippen LogP contribution in [0.2, 0.25) is 0 Å². The second-order valence-corrected chi connectivity index (χ2v) is 7.70. The highest BCUT2D eigenvalue weighted by atomic mass is 79.9. The fraction of sp³-hybridized carbons (Fsp3) is 0.182. The van der Waals surface area contributed by atoms with Crippen LogP contribution in [0, 0.1) is 20.8 Å². The van der Waals surface area contributed by atoms with E-state index in [9.17, 15) is 9.59 Å². The van der Waals surface area contributed by atoms with Crippen LogP contribution in [0.3, 0.4) is 0 Å². The maximum absolute atomic E-state index is 13.0. The van der Waals surface area contributed by atoms with Crippen molar-refractivity contribution in [3.8, 4) is 5.69 Å². The zero-order valence-corrected chi connectivity index (χ0v) is 17.8. The van der Waals surface area contributed by atoms with Crippen LogP contribution < -0.4 is 10.6 Å². The van der Waals surface area contributed by atoms with Gasteiger partial charge in [0.2, 0.25) is 5.91 Å². The molecule has 0 bridgehead atoms. The molecule has 3 rings (SSSR count). The van der Waals surface area contributed by atoms with Crippen LogP contribution in [0.1, 0.15) is 34.2 Å². The first-order chi connectivity index (χ1) is 13.3. The van der Waals surface area contributed by atoms with Gasteiger partial charge < -0.3 is 15.2 Å². The molecule has 0 aliphatic carbocycles. The van der Waals surface area contributed by atoms with Crippen molar-refractivity contribution < 1.29 is 9.59 Å². The number of nitrogens with zero attached hydrogens (tertiary/aromatic N) is 1. The van der Waals surface area contributed by atoms with Gasteiger partial charge in [0.25, 0.3) is 5.91 Å². The number of aryl methyl sites for hydroxylation is 2. The molecule has 3 aromatic rings. The molecule has 1 aromatic heterocycles. The van der Waals surface area contributed by atoms with Crippen LogP contribution in [-0.2, 0) is 4.79 Å². The van der Waals surface area contributed by atoms with Gasteiger partial charge in [-0.3, -0.25) is 9.59 Å². The maximum atomic E-state index is 13.0. The predicted octanol–water partition coefficient (Wildman–Crippen LogP) is 5.38. The van der Waals surface area contributed by atoms with E-state index in [-0.39, 0.29) is 11.8 Å². The Kier molecular flexibility index (Phi) is 5.70. The number of halogens is 1. The van der Waals surface area contributed by atoms with Gasteiger partial charge in [-0.2, -0.15) is 0 Å². The molecule has 0 saturated heterocycles. The fourth-order valence-corrected chi connectivity index (χ4v) is 3.49. The molecule has 2 amide bonds. The highest BCUT2D eigenvalue weighted by Gasteiger charge is 2.18. The number of amides is 2. The van der Waals surface area contributed by atoms with Crippen molar-refractivity contribution in [2.75, 3.05) is 10.6 Å². The van der Waals surface area contributed by atoms with Gasteiger partial charge in [0.1, 0.15) is 0 Å². The smallest absolute Gasteiger partial charge is 0.257 e. The van der Waals surface area contributed by atoms with E-state index < -0.39 is 0 Å². The molecule has 1 heterocycles. The number of aromatic nitrogens is 1. The lowest BCUT2D eigenvalue weighted by Crippen LogP contribution is -2.16. The minimum Gasteiger partial charge on any atom is -0.325 e. The molecular weight excluding hydrogens is 418 g/mol. The molecule has 2 N–H and O–H groups in total. The molecule has 0 aliphatic heterocycles. The van der Waals surface area contributed by atoms with Crippen LogP contribution in [0.5, 0.6) is 0 Å². The molecular formula is C22H22BrN3O2. The van der Waals surface area contributed by atoms with E-state index in [1.807, 2.05) is 67.8 Å². The number of benzene rings is 2. The number of hydrogen-bond acceptors (Lipinski definition) is 2.